The van der Waals surface area contributed by atoms with Crippen LogP contribution in [0.15, 0.2) is 5.38 Å². The van der Waals surface area contributed by atoms with Crippen molar-refractivity contribution >= 4 is 28.3 Å². The molecule has 0 spiro atoms. The van der Waals surface area contributed by atoms with Crippen LogP contribution in [0.2, 0.25) is 0 Å². The molecule has 0 aliphatic carbocycles. The van der Waals surface area contributed by atoms with E-state index in [0.29, 0.717) is 11.7 Å². The first-order chi connectivity index (χ1) is 9.77. The van der Waals surface area contributed by atoms with Gasteiger partial charge in [0.2, 0.25) is 11.8 Å². The number of nitrogens with one attached hydrogen (secondary N) is 1. The minimum absolute atomic E-state index is 0.0317. The van der Waals surface area contributed by atoms with Crippen LogP contribution in [0, 0.1) is 18.3 Å². The first-order valence-electron chi connectivity index (χ1n) is 7.30. The van der Waals surface area contributed by atoms with Crippen molar-refractivity contribution in [3.63, 3.8) is 0 Å². The van der Waals surface area contributed by atoms with Gasteiger partial charge in [-0.15, -0.1) is 11.3 Å². The molecule has 0 aromatic carbocycles. The Morgan fingerprint density at radius 1 is 1.43 bits per heavy atom. The van der Waals surface area contributed by atoms with Gasteiger partial charge in [-0.2, -0.15) is 0 Å². The van der Waals surface area contributed by atoms with E-state index in [1.54, 1.807) is 0 Å². The summed E-state index contributed by atoms with van der Waals surface area (Å²) < 4.78 is 0. The predicted molar refractivity (Wildman–Crippen MR) is 84.2 cm³/mol. The molecule has 1 saturated heterocycles. The minimum Gasteiger partial charge on any atom is -0.341 e. The highest BCUT2D eigenvalue weighted by Gasteiger charge is 2.33. The zero-order chi connectivity index (χ0) is 15.6. The molecular weight excluding hydrogens is 286 g/mol. The van der Waals surface area contributed by atoms with Gasteiger partial charge in [0.1, 0.15) is 0 Å². The summed E-state index contributed by atoms with van der Waals surface area (Å²) >= 11 is 1.43. The summed E-state index contributed by atoms with van der Waals surface area (Å²) in [5.41, 5.74) is 0.508. The number of carbonyl (C=O) groups excluding carboxylic acids is 2. The fourth-order valence-corrected chi connectivity index (χ4v) is 3.16. The van der Waals surface area contributed by atoms with Crippen LogP contribution in [0.3, 0.4) is 0 Å². The third-order valence-electron chi connectivity index (χ3n) is 3.57. The molecule has 1 aromatic rings. The van der Waals surface area contributed by atoms with Crippen molar-refractivity contribution in [3.8, 4) is 0 Å². The van der Waals surface area contributed by atoms with E-state index < -0.39 is 5.41 Å². The number of amides is 2. The Morgan fingerprint density at radius 2 is 2.14 bits per heavy atom. The van der Waals surface area contributed by atoms with E-state index in [9.17, 15) is 9.59 Å². The Labute approximate surface area is 129 Å². The Hall–Kier alpha value is -1.43. The Balaban J connectivity index is 1.97. The molecule has 0 radical (unpaired) electrons. The molecule has 0 bridgehead atoms. The molecule has 6 heteroatoms. The summed E-state index contributed by atoms with van der Waals surface area (Å²) in [5, 5.41) is 5.41. The Morgan fingerprint density at radius 3 is 2.71 bits per heavy atom. The zero-order valence-electron chi connectivity index (χ0n) is 13.1. The number of thiazole rings is 1. The van der Waals surface area contributed by atoms with Crippen molar-refractivity contribution in [1.82, 2.24) is 9.88 Å². The Kier molecular flexibility index (Phi) is 4.66. The second-order valence-electron chi connectivity index (χ2n) is 6.62. The van der Waals surface area contributed by atoms with Gasteiger partial charge in [-0.05, 0) is 19.8 Å². The van der Waals surface area contributed by atoms with Gasteiger partial charge >= 0.3 is 0 Å². The largest absolute Gasteiger partial charge is 0.341 e. The lowest BCUT2D eigenvalue weighted by Gasteiger charge is -2.35. The molecule has 5 nitrogen and oxygen atoms in total. The molecule has 1 aliphatic rings. The summed E-state index contributed by atoms with van der Waals surface area (Å²) in [7, 11) is 0. The van der Waals surface area contributed by atoms with E-state index in [-0.39, 0.29) is 17.7 Å². The number of anilines is 1. The summed E-state index contributed by atoms with van der Waals surface area (Å²) in [4.78, 5) is 30.7. The average molecular weight is 309 g/mol. The normalized spacial score (nSPS) is 19.4. The quantitative estimate of drug-likeness (QED) is 0.913. The lowest BCUT2D eigenvalue weighted by Crippen LogP contribution is -2.47. The second kappa shape index (κ2) is 6.13. The number of carbonyl (C=O) groups is 2. The van der Waals surface area contributed by atoms with Crippen LogP contribution >= 0.6 is 11.3 Å². The number of hydrogen-bond donors (Lipinski definition) is 1. The fourth-order valence-electron chi connectivity index (χ4n) is 2.47. The van der Waals surface area contributed by atoms with Gasteiger partial charge in [-0.25, -0.2) is 4.98 Å². The monoisotopic (exact) mass is 309 g/mol. The molecule has 1 aliphatic heterocycles. The SMILES string of the molecule is Cc1csc(NC(=O)C2CCCN(C(=O)C(C)(C)C)C2)n1. The molecule has 1 aromatic heterocycles. The standard InChI is InChI=1S/C15H23N3O2S/c1-10-9-21-14(16-10)17-12(19)11-6-5-7-18(8-11)13(20)15(2,3)4/h9,11H,5-8H2,1-4H3,(H,16,17,19). The zero-order valence-corrected chi connectivity index (χ0v) is 13.9. The van der Waals surface area contributed by atoms with Gasteiger partial charge in [-0.1, -0.05) is 20.8 Å². The van der Waals surface area contributed by atoms with E-state index >= 15 is 0 Å². The van der Waals surface area contributed by atoms with Crippen LogP contribution in [0.4, 0.5) is 5.13 Å². The van der Waals surface area contributed by atoms with Gasteiger partial charge in [-0.3, -0.25) is 9.59 Å². The highest BCUT2D eigenvalue weighted by Crippen LogP contribution is 2.25. The maximum absolute atomic E-state index is 12.3. The lowest BCUT2D eigenvalue weighted by atomic mass is 9.91. The summed E-state index contributed by atoms with van der Waals surface area (Å²) in [6, 6.07) is 0. The van der Waals surface area contributed by atoms with Crippen LogP contribution < -0.4 is 5.32 Å². The number of likely N-dealkylation sites (tertiary alicyclic amines) is 1. The molecule has 1 atom stereocenters. The van der Waals surface area contributed by atoms with E-state index in [2.05, 4.69) is 10.3 Å². The van der Waals surface area contributed by atoms with Crippen molar-refractivity contribution < 1.29 is 9.59 Å². The van der Waals surface area contributed by atoms with Crippen LogP contribution in [-0.4, -0.2) is 34.8 Å². The maximum atomic E-state index is 12.3. The third-order valence-corrected chi connectivity index (χ3v) is 4.45. The van der Waals surface area contributed by atoms with Gasteiger partial charge in [0, 0.05) is 23.9 Å². The topological polar surface area (TPSA) is 62.3 Å². The smallest absolute Gasteiger partial charge is 0.231 e. The van der Waals surface area contributed by atoms with E-state index in [1.807, 2.05) is 38.0 Å². The number of nitrogens with zero attached hydrogens (tertiary/aromatic N) is 2. The number of aromatic nitrogens is 1. The van der Waals surface area contributed by atoms with Crippen LogP contribution in [-0.2, 0) is 9.59 Å². The number of rotatable bonds is 2. The minimum atomic E-state index is -0.398. The summed E-state index contributed by atoms with van der Waals surface area (Å²) in [6.07, 6.45) is 1.70. The molecule has 2 amide bonds. The first-order valence-corrected chi connectivity index (χ1v) is 8.17. The van der Waals surface area contributed by atoms with E-state index in [4.69, 9.17) is 0 Å². The highest BCUT2D eigenvalue weighted by molar-refractivity contribution is 7.13. The summed E-state index contributed by atoms with van der Waals surface area (Å²) in [5.74, 6) is -0.0601. The van der Waals surface area contributed by atoms with Gasteiger partial charge in [0.15, 0.2) is 5.13 Å². The number of hydrogen-bond acceptors (Lipinski definition) is 4. The number of aryl methyl sites for hydroxylation is 1. The lowest BCUT2D eigenvalue weighted by molar-refractivity contribution is -0.142. The maximum Gasteiger partial charge on any atom is 0.231 e. The molecule has 1 N–H and O–H groups in total. The molecular formula is C15H23N3O2S. The third kappa shape index (κ3) is 4.03. The summed E-state index contributed by atoms with van der Waals surface area (Å²) in [6.45, 7) is 8.89. The van der Waals surface area contributed by atoms with Crippen LogP contribution in [0.1, 0.15) is 39.3 Å². The molecule has 1 unspecified atom stereocenters. The fraction of sp³-hybridized carbons (Fsp3) is 0.667. The molecule has 0 saturated carbocycles. The average Bonchev–Trinajstić information content (AvgIpc) is 2.82. The number of piperidine rings is 1. The molecule has 1 fully saturated rings. The van der Waals surface area contributed by atoms with Gasteiger partial charge in [0.25, 0.3) is 0 Å². The Bertz CT molecular complexity index is 533. The van der Waals surface area contributed by atoms with E-state index in [0.717, 1.165) is 25.1 Å². The van der Waals surface area contributed by atoms with Gasteiger partial charge < -0.3 is 10.2 Å². The molecule has 116 valence electrons. The molecule has 2 rings (SSSR count). The van der Waals surface area contributed by atoms with Crippen LogP contribution in [0.5, 0.6) is 0 Å². The highest BCUT2D eigenvalue weighted by atomic mass is 32.1. The first kappa shape index (κ1) is 15.9. The van der Waals surface area contributed by atoms with Crippen LogP contribution in [0.25, 0.3) is 0 Å². The van der Waals surface area contributed by atoms with Crippen molar-refractivity contribution in [2.45, 2.75) is 40.5 Å². The van der Waals surface area contributed by atoms with E-state index in [1.165, 1.54) is 11.3 Å². The van der Waals surface area contributed by atoms with Gasteiger partial charge in [0.05, 0.1) is 11.6 Å². The van der Waals surface area contributed by atoms with Crippen molar-refractivity contribution in [3.05, 3.63) is 11.1 Å². The molecule has 21 heavy (non-hydrogen) atoms. The second-order valence-corrected chi connectivity index (χ2v) is 7.48. The van der Waals surface area contributed by atoms with Crippen molar-refractivity contribution in [2.24, 2.45) is 11.3 Å². The van der Waals surface area contributed by atoms with Crippen molar-refractivity contribution in [2.75, 3.05) is 18.4 Å². The van der Waals surface area contributed by atoms with Crippen molar-refractivity contribution in [1.29, 1.82) is 0 Å². The predicted octanol–water partition coefficient (Wildman–Crippen LogP) is 2.67. The molecule has 2 heterocycles.